The second-order valence-corrected chi connectivity index (χ2v) is 6.69. The monoisotopic (exact) mass is 489 g/mol. The Morgan fingerprint density at radius 1 is 1.33 bits per heavy atom. The SMILES string of the molecule is CCNC(=NCCc1ccc2c(c1)OCO2)N1CC(C)C(C(=O)OC)C1.I. The molecule has 2 unspecified atom stereocenters. The summed E-state index contributed by atoms with van der Waals surface area (Å²) in [4.78, 5) is 18.8. The Balaban J connectivity index is 0.00000261. The summed E-state index contributed by atoms with van der Waals surface area (Å²) in [6.07, 6.45) is 0.815. The summed E-state index contributed by atoms with van der Waals surface area (Å²) in [6.45, 7) is 7.31. The summed E-state index contributed by atoms with van der Waals surface area (Å²) in [6, 6.07) is 5.99. The van der Waals surface area contributed by atoms with Crippen LogP contribution in [0.1, 0.15) is 19.4 Å². The van der Waals surface area contributed by atoms with Gasteiger partial charge in [-0.25, -0.2) is 0 Å². The molecule has 2 heterocycles. The number of rotatable bonds is 5. The van der Waals surface area contributed by atoms with Gasteiger partial charge in [0.25, 0.3) is 0 Å². The van der Waals surface area contributed by atoms with E-state index in [4.69, 9.17) is 19.2 Å². The lowest BCUT2D eigenvalue weighted by molar-refractivity contribution is -0.145. The van der Waals surface area contributed by atoms with Gasteiger partial charge >= 0.3 is 5.97 Å². The molecule has 0 aromatic heterocycles. The van der Waals surface area contributed by atoms with E-state index in [1.54, 1.807) is 0 Å². The van der Waals surface area contributed by atoms with E-state index in [1.165, 1.54) is 7.11 Å². The molecule has 0 spiro atoms. The highest BCUT2D eigenvalue weighted by Gasteiger charge is 2.36. The van der Waals surface area contributed by atoms with Crippen LogP contribution in [-0.4, -0.2) is 56.9 Å². The molecule has 1 aromatic rings. The molecule has 1 fully saturated rings. The third-order valence-electron chi connectivity index (χ3n) is 4.85. The van der Waals surface area contributed by atoms with E-state index in [0.29, 0.717) is 13.1 Å². The molecule has 1 saturated heterocycles. The van der Waals surface area contributed by atoms with E-state index in [1.807, 2.05) is 25.1 Å². The van der Waals surface area contributed by atoms with E-state index >= 15 is 0 Å². The third-order valence-corrected chi connectivity index (χ3v) is 4.85. The van der Waals surface area contributed by atoms with E-state index in [-0.39, 0.29) is 48.6 Å². The quantitative estimate of drug-likeness (QED) is 0.296. The number of aliphatic imine (C=N–C) groups is 1. The van der Waals surface area contributed by atoms with Crippen molar-refractivity contribution in [2.75, 3.05) is 40.1 Å². The first-order chi connectivity index (χ1) is 12.6. The van der Waals surface area contributed by atoms with Crippen LogP contribution in [0.3, 0.4) is 0 Å². The molecule has 1 aromatic carbocycles. The van der Waals surface area contributed by atoms with Gasteiger partial charge in [0.1, 0.15) is 0 Å². The van der Waals surface area contributed by atoms with Crippen molar-refractivity contribution in [2.45, 2.75) is 20.3 Å². The number of carbonyl (C=O) groups is 1. The molecule has 0 aliphatic carbocycles. The minimum atomic E-state index is -0.142. The summed E-state index contributed by atoms with van der Waals surface area (Å²) in [5, 5.41) is 3.33. The Morgan fingerprint density at radius 2 is 2.11 bits per heavy atom. The summed E-state index contributed by atoms with van der Waals surface area (Å²) in [5.41, 5.74) is 1.16. The van der Waals surface area contributed by atoms with Crippen molar-refractivity contribution < 1.29 is 19.0 Å². The third kappa shape index (κ3) is 5.18. The molecule has 0 radical (unpaired) electrons. The average Bonchev–Trinajstić information content (AvgIpc) is 3.26. The Hall–Kier alpha value is -1.71. The number of hydrogen-bond donors (Lipinski definition) is 1. The van der Waals surface area contributed by atoms with Crippen molar-refractivity contribution in [1.29, 1.82) is 0 Å². The van der Waals surface area contributed by atoms with Crippen LogP contribution in [0, 0.1) is 11.8 Å². The lowest BCUT2D eigenvalue weighted by atomic mass is 9.99. The first-order valence-corrected chi connectivity index (χ1v) is 9.12. The Labute approximate surface area is 177 Å². The standard InChI is InChI=1S/C19H27N3O4.HI/c1-4-20-19(22-10-13(2)15(11-22)18(23)24-3)21-8-7-14-5-6-16-17(9-14)26-12-25-16;/h5-6,9,13,15H,4,7-8,10-12H2,1-3H3,(H,20,21);1H. The summed E-state index contributed by atoms with van der Waals surface area (Å²) in [7, 11) is 1.45. The molecule has 0 amide bonds. The fourth-order valence-corrected chi connectivity index (χ4v) is 3.41. The van der Waals surface area contributed by atoms with E-state index in [0.717, 1.165) is 42.5 Å². The Bertz CT molecular complexity index is 683. The summed E-state index contributed by atoms with van der Waals surface area (Å²) in [5.74, 6) is 2.46. The number of halogens is 1. The molecule has 150 valence electrons. The summed E-state index contributed by atoms with van der Waals surface area (Å²) >= 11 is 0. The van der Waals surface area contributed by atoms with Crippen molar-refractivity contribution >= 4 is 35.9 Å². The number of fused-ring (bicyclic) bond motifs is 1. The first kappa shape index (κ1) is 21.6. The van der Waals surface area contributed by atoms with Gasteiger partial charge in [0.2, 0.25) is 6.79 Å². The van der Waals surface area contributed by atoms with Crippen LogP contribution in [0.15, 0.2) is 23.2 Å². The van der Waals surface area contributed by atoms with Gasteiger partial charge in [-0.1, -0.05) is 13.0 Å². The average molecular weight is 489 g/mol. The van der Waals surface area contributed by atoms with Crippen molar-refractivity contribution in [1.82, 2.24) is 10.2 Å². The molecular weight excluding hydrogens is 461 g/mol. The van der Waals surface area contributed by atoms with Crippen LogP contribution < -0.4 is 14.8 Å². The second kappa shape index (κ2) is 10.0. The number of esters is 1. The van der Waals surface area contributed by atoms with Gasteiger partial charge in [0.15, 0.2) is 17.5 Å². The van der Waals surface area contributed by atoms with Crippen LogP contribution in [0.25, 0.3) is 0 Å². The molecule has 0 saturated carbocycles. The van der Waals surface area contributed by atoms with Gasteiger partial charge in [0.05, 0.1) is 13.0 Å². The number of carbonyl (C=O) groups excluding carboxylic acids is 1. The van der Waals surface area contributed by atoms with Gasteiger partial charge in [0, 0.05) is 26.2 Å². The molecule has 1 N–H and O–H groups in total. The zero-order valence-electron chi connectivity index (χ0n) is 16.1. The highest BCUT2D eigenvalue weighted by atomic mass is 127. The van der Waals surface area contributed by atoms with E-state index in [2.05, 4.69) is 17.1 Å². The topological polar surface area (TPSA) is 72.4 Å². The van der Waals surface area contributed by atoms with Crippen molar-refractivity contribution in [3.8, 4) is 11.5 Å². The fourth-order valence-electron chi connectivity index (χ4n) is 3.41. The minimum Gasteiger partial charge on any atom is -0.469 e. The first-order valence-electron chi connectivity index (χ1n) is 9.12. The number of likely N-dealkylation sites (tertiary alicyclic amines) is 1. The predicted molar refractivity (Wildman–Crippen MR) is 114 cm³/mol. The smallest absolute Gasteiger partial charge is 0.310 e. The van der Waals surface area contributed by atoms with Gasteiger partial charge in [-0.3, -0.25) is 9.79 Å². The number of ether oxygens (including phenoxy) is 3. The van der Waals surface area contributed by atoms with Crippen molar-refractivity contribution in [3.05, 3.63) is 23.8 Å². The van der Waals surface area contributed by atoms with E-state index in [9.17, 15) is 4.79 Å². The number of nitrogens with one attached hydrogen (secondary N) is 1. The van der Waals surface area contributed by atoms with Gasteiger partial charge in [-0.05, 0) is 37.0 Å². The molecule has 3 rings (SSSR count). The molecule has 27 heavy (non-hydrogen) atoms. The lowest BCUT2D eigenvalue weighted by Gasteiger charge is -2.21. The maximum atomic E-state index is 11.9. The zero-order valence-corrected chi connectivity index (χ0v) is 18.4. The van der Waals surface area contributed by atoms with Crippen LogP contribution in [-0.2, 0) is 16.0 Å². The molecule has 0 bridgehead atoms. The highest BCUT2D eigenvalue weighted by Crippen LogP contribution is 2.32. The van der Waals surface area contributed by atoms with Crippen molar-refractivity contribution in [2.24, 2.45) is 16.8 Å². The Kier molecular flexibility index (Phi) is 8.00. The minimum absolute atomic E-state index is 0. The number of nitrogens with zero attached hydrogens (tertiary/aromatic N) is 2. The zero-order chi connectivity index (χ0) is 18.5. The van der Waals surface area contributed by atoms with Gasteiger partial charge < -0.3 is 24.4 Å². The molecule has 7 nitrogen and oxygen atoms in total. The molecule has 2 atom stereocenters. The molecule has 8 heteroatoms. The number of benzene rings is 1. The number of hydrogen-bond acceptors (Lipinski definition) is 5. The summed E-state index contributed by atoms with van der Waals surface area (Å²) < 4.78 is 15.7. The Morgan fingerprint density at radius 3 is 2.85 bits per heavy atom. The van der Waals surface area contributed by atoms with Crippen LogP contribution in [0.2, 0.25) is 0 Å². The van der Waals surface area contributed by atoms with Crippen LogP contribution >= 0.6 is 24.0 Å². The van der Waals surface area contributed by atoms with E-state index < -0.39 is 0 Å². The van der Waals surface area contributed by atoms with Gasteiger partial charge in [-0.15, -0.1) is 24.0 Å². The maximum Gasteiger partial charge on any atom is 0.310 e. The van der Waals surface area contributed by atoms with Crippen LogP contribution in [0.4, 0.5) is 0 Å². The fraction of sp³-hybridized carbons (Fsp3) is 0.579. The van der Waals surface area contributed by atoms with Crippen LogP contribution in [0.5, 0.6) is 11.5 Å². The predicted octanol–water partition coefficient (Wildman–Crippen LogP) is 2.28. The van der Waals surface area contributed by atoms with Gasteiger partial charge in [-0.2, -0.15) is 0 Å². The normalized spacial score (nSPS) is 21.0. The molecule has 2 aliphatic rings. The lowest BCUT2D eigenvalue weighted by Crippen LogP contribution is -2.40. The molecular formula is C19H28IN3O4. The number of guanidine groups is 1. The second-order valence-electron chi connectivity index (χ2n) is 6.69. The van der Waals surface area contributed by atoms with Crippen molar-refractivity contribution in [3.63, 3.8) is 0 Å². The largest absolute Gasteiger partial charge is 0.469 e. The number of methoxy groups -OCH3 is 1. The highest BCUT2D eigenvalue weighted by molar-refractivity contribution is 14.0. The molecule has 2 aliphatic heterocycles. The maximum absolute atomic E-state index is 11.9.